The second kappa shape index (κ2) is 6.90. The predicted octanol–water partition coefficient (Wildman–Crippen LogP) is 4.12. The molecule has 0 saturated carbocycles. The van der Waals surface area contributed by atoms with Crippen molar-refractivity contribution in [3.05, 3.63) is 33.5 Å². The first-order chi connectivity index (χ1) is 9.61. The molecule has 0 aliphatic carbocycles. The van der Waals surface area contributed by atoms with E-state index < -0.39 is 0 Å². The predicted molar refractivity (Wildman–Crippen MR) is 87.4 cm³/mol. The molecule has 106 valence electrons. The summed E-state index contributed by atoms with van der Waals surface area (Å²) in [4.78, 5) is 8.18. The number of nitrogens with two attached hydrogens (primary N) is 1. The van der Waals surface area contributed by atoms with Crippen LogP contribution in [0.5, 0.6) is 5.88 Å². The van der Waals surface area contributed by atoms with Crippen molar-refractivity contribution in [2.24, 2.45) is 0 Å². The molecule has 0 fully saturated rings. The van der Waals surface area contributed by atoms with Gasteiger partial charge in [-0.2, -0.15) is 4.98 Å². The van der Waals surface area contributed by atoms with E-state index in [1.165, 1.54) is 6.33 Å². The minimum absolute atomic E-state index is 0.399. The van der Waals surface area contributed by atoms with E-state index in [9.17, 15) is 0 Å². The Balaban J connectivity index is 2.24. The standard InChI is InChI=1S/C13H14Br2N4O/c1-2-5-20-13-11(16)12(17-7-18-13)19-10-4-3-8(14)6-9(10)15/h3-4,6-7H,2,5,16H2,1H3,(H,17,18,19). The molecule has 0 bridgehead atoms. The maximum absolute atomic E-state index is 6.01. The largest absolute Gasteiger partial charge is 0.476 e. The third-order valence-electron chi connectivity index (χ3n) is 2.47. The SMILES string of the molecule is CCCOc1ncnc(Nc2ccc(Br)cc2Br)c1N. The molecule has 2 rings (SSSR count). The molecule has 7 heteroatoms. The zero-order valence-electron chi connectivity index (χ0n) is 10.9. The molecule has 0 unspecified atom stereocenters. The van der Waals surface area contributed by atoms with Gasteiger partial charge in [-0.1, -0.05) is 22.9 Å². The molecule has 0 spiro atoms. The normalized spacial score (nSPS) is 10.3. The van der Waals surface area contributed by atoms with Crippen molar-refractivity contribution in [3.8, 4) is 5.88 Å². The lowest BCUT2D eigenvalue weighted by atomic mass is 10.3. The number of ether oxygens (including phenoxy) is 1. The minimum atomic E-state index is 0.399. The molecule has 0 amide bonds. The molecule has 0 saturated heterocycles. The fourth-order valence-electron chi connectivity index (χ4n) is 1.51. The van der Waals surface area contributed by atoms with Crippen LogP contribution in [0.25, 0.3) is 0 Å². The Bertz CT molecular complexity index is 607. The molecular formula is C13H14Br2N4O. The van der Waals surface area contributed by atoms with Crippen LogP contribution in [0.3, 0.4) is 0 Å². The fraction of sp³-hybridized carbons (Fsp3) is 0.231. The number of hydrogen-bond donors (Lipinski definition) is 2. The Morgan fingerprint density at radius 2 is 2.10 bits per heavy atom. The van der Waals surface area contributed by atoms with Crippen molar-refractivity contribution in [1.29, 1.82) is 0 Å². The Labute approximate surface area is 134 Å². The number of nitrogens with zero attached hydrogens (tertiary/aromatic N) is 2. The van der Waals surface area contributed by atoms with Crippen LogP contribution in [0.15, 0.2) is 33.5 Å². The molecule has 5 nitrogen and oxygen atoms in total. The molecule has 20 heavy (non-hydrogen) atoms. The van der Waals surface area contributed by atoms with Crippen LogP contribution in [-0.4, -0.2) is 16.6 Å². The lowest BCUT2D eigenvalue weighted by Gasteiger charge is -2.12. The van der Waals surface area contributed by atoms with Gasteiger partial charge in [-0.05, 0) is 40.5 Å². The first-order valence-corrected chi connectivity index (χ1v) is 7.65. The van der Waals surface area contributed by atoms with E-state index in [1.807, 2.05) is 25.1 Å². The van der Waals surface area contributed by atoms with E-state index in [4.69, 9.17) is 10.5 Å². The summed E-state index contributed by atoms with van der Waals surface area (Å²) in [7, 11) is 0. The Kier molecular flexibility index (Phi) is 5.19. The van der Waals surface area contributed by atoms with E-state index in [1.54, 1.807) is 0 Å². The lowest BCUT2D eigenvalue weighted by Crippen LogP contribution is -2.06. The van der Waals surface area contributed by atoms with Gasteiger partial charge in [0, 0.05) is 8.95 Å². The number of benzene rings is 1. The van der Waals surface area contributed by atoms with Crippen molar-refractivity contribution in [2.75, 3.05) is 17.7 Å². The van der Waals surface area contributed by atoms with E-state index in [-0.39, 0.29) is 0 Å². The van der Waals surface area contributed by atoms with Crippen molar-refractivity contribution in [1.82, 2.24) is 9.97 Å². The first-order valence-electron chi connectivity index (χ1n) is 6.07. The van der Waals surface area contributed by atoms with Gasteiger partial charge in [0.1, 0.15) is 12.0 Å². The molecule has 0 atom stereocenters. The summed E-state index contributed by atoms with van der Waals surface area (Å²) >= 11 is 6.89. The third-order valence-corrected chi connectivity index (χ3v) is 3.62. The summed E-state index contributed by atoms with van der Waals surface area (Å²) in [5, 5.41) is 3.16. The van der Waals surface area contributed by atoms with Crippen molar-refractivity contribution in [3.63, 3.8) is 0 Å². The highest BCUT2D eigenvalue weighted by Gasteiger charge is 2.10. The number of aromatic nitrogens is 2. The Morgan fingerprint density at radius 1 is 1.30 bits per heavy atom. The summed E-state index contributed by atoms with van der Waals surface area (Å²) in [5.74, 6) is 0.923. The maximum Gasteiger partial charge on any atom is 0.242 e. The first kappa shape index (κ1) is 15.1. The van der Waals surface area contributed by atoms with E-state index in [0.717, 1.165) is 21.1 Å². The average molecular weight is 402 g/mol. The van der Waals surface area contributed by atoms with Gasteiger partial charge in [-0.25, -0.2) is 4.98 Å². The van der Waals surface area contributed by atoms with Gasteiger partial charge in [0.15, 0.2) is 5.82 Å². The average Bonchev–Trinajstić information content (AvgIpc) is 2.42. The maximum atomic E-state index is 6.01. The molecule has 0 aliphatic rings. The van der Waals surface area contributed by atoms with Crippen molar-refractivity contribution in [2.45, 2.75) is 13.3 Å². The number of nitrogen functional groups attached to an aromatic ring is 1. The number of hydrogen-bond acceptors (Lipinski definition) is 5. The number of halogens is 2. The number of anilines is 3. The van der Waals surface area contributed by atoms with Gasteiger partial charge in [0.05, 0.1) is 12.3 Å². The molecule has 0 radical (unpaired) electrons. The van der Waals surface area contributed by atoms with Crippen LogP contribution >= 0.6 is 31.9 Å². The Morgan fingerprint density at radius 3 is 2.80 bits per heavy atom. The van der Waals surface area contributed by atoms with Gasteiger partial charge >= 0.3 is 0 Å². The number of nitrogens with one attached hydrogen (secondary N) is 1. The summed E-state index contributed by atoms with van der Waals surface area (Å²) in [6.07, 6.45) is 2.32. The van der Waals surface area contributed by atoms with Crippen LogP contribution in [-0.2, 0) is 0 Å². The van der Waals surface area contributed by atoms with Crippen molar-refractivity contribution < 1.29 is 4.74 Å². The van der Waals surface area contributed by atoms with E-state index in [2.05, 4.69) is 47.1 Å². The van der Waals surface area contributed by atoms with Crippen LogP contribution in [0, 0.1) is 0 Å². The monoisotopic (exact) mass is 400 g/mol. The van der Waals surface area contributed by atoms with Crippen LogP contribution in [0.2, 0.25) is 0 Å². The summed E-state index contributed by atoms with van der Waals surface area (Å²) in [6, 6.07) is 5.79. The lowest BCUT2D eigenvalue weighted by molar-refractivity contribution is 0.307. The molecule has 1 heterocycles. The third kappa shape index (κ3) is 3.61. The zero-order valence-corrected chi connectivity index (χ0v) is 14.0. The quantitative estimate of drug-likeness (QED) is 0.788. The van der Waals surface area contributed by atoms with Crippen LogP contribution in [0.4, 0.5) is 17.2 Å². The zero-order chi connectivity index (χ0) is 14.5. The molecule has 1 aromatic carbocycles. The van der Waals surface area contributed by atoms with Gasteiger partial charge in [0.2, 0.25) is 5.88 Å². The molecule has 0 aliphatic heterocycles. The van der Waals surface area contributed by atoms with Gasteiger partial charge in [-0.15, -0.1) is 0 Å². The van der Waals surface area contributed by atoms with Crippen LogP contribution < -0.4 is 15.8 Å². The summed E-state index contributed by atoms with van der Waals surface area (Å²) in [6.45, 7) is 2.60. The van der Waals surface area contributed by atoms with Crippen molar-refractivity contribution >= 4 is 49.1 Å². The number of rotatable bonds is 5. The summed E-state index contributed by atoms with van der Waals surface area (Å²) in [5.41, 5.74) is 7.27. The van der Waals surface area contributed by atoms with E-state index >= 15 is 0 Å². The smallest absolute Gasteiger partial charge is 0.242 e. The second-order valence-electron chi connectivity index (χ2n) is 4.04. The highest BCUT2D eigenvalue weighted by Crippen LogP contribution is 2.32. The topological polar surface area (TPSA) is 73.1 Å². The highest BCUT2D eigenvalue weighted by atomic mass is 79.9. The second-order valence-corrected chi connectivity index (χ2v) is 5.81. The van der Waals surface area contributed by atoms with Gasteiger partial charge in [-0.3, -0.25) is 0 Å². The molecular weight excluding hydrogens is 388 g/mol. The summed E-state index contributed by atoms with van der Waals surface area (Å²) < 4.78 is 7.37. The molecule has 2 aromatic rings. The van der Waals surface area contributed by atoms with Gasteiger partial charge < -0.3 is 15.8 Å². The minimum Gasteiger partial charge on any atom is -0.476 e. The fourth-order valence-corrected chi connectivity index (χ4v) is 2.66. The highest BCUT2D eigenvalue weighted by molar-refractivity contribution is 9.11. The van der Waals surface area contributed by atoms with Gasteiger partial charge in [0.25, 0.3) is 0 Å². The molecule has 3 N–H and O–H groups in total. The van der Waals surface area contributed by atoms with E-state index in [0.29, 0.717) is 24.0 Å². The Hall–Kier alpha value is -1.34. The molecule has 1 aromatic heterocycles. The van der Waals surface area contributed by atoms with Crippen LogP contribution in [0.1, 0.15) is 13.3 Å².